The standard InChI is InChI=1S/C17H16ClN3O2/c1-11-7-13(12(2)23-11)8-19-17(22)14-9-20-21(10-14)16-6-4-3-5-15(16)18/h3-7,9-10H,8H2,1-2H3,(H,19,22). The second-order valence-electron chi connectivity index (χ2n) is 5.25. The maximum Gasteiger partial charge on any atom is 0.254 e. The normalized spacial score (nSPS) is 10.7. The van der Waals surface area contributed by atoms with Crippen molar-refractivity contribution in [2.45, 2.75) is 20.4 Å². The van der Waals surface area contributed by atoms with Crippen LogP contribution in [0.1, 0.15) is 27.4 Å². The number of carbonyl (C=O) groups excluding carboxylic acids is 1. The molecule has 1 aromatic carbocycles. The van der Waals surface area contributed by atoms with Crippen LogP contribution in [0.25, 0.3) is 5.69 Å². The van der Waals surface area contributed by atoms with Gasteiger partial charge in [0.15, 0.2) is 0 Å². The fourth-order valence-corrected chi connectivity index (χ4v) is 2.57. The number of nitrogens with zero attached hydrogens (tertiary/aromatic N) is 2. The molecular weight excluding hydrogens is 314 g/mol. The maximum atomic E-state index is 12.2. The fraction of sp³-hybridized carbons (Fsp3) is 0.176. The highest BCUT2D eigenvalue weighted by atomic mass is 35.5. The van der Waals surface area contributed by atoms with Crippen molar-refractivity contribution < 1.29 is 9.21 Å². The molecule has 0 saturated carbocycles. The lowest BCUT2D eigenvalue weighted by Crippen LogP contribution is -2.22. The molecule has 23 heavy (non-hydrogen) atoms. The largest absolute Gasteiger partial charge is 0.466 e. The Morgan fingerprint density at radius 2 is 2.13 bits per heavy atom. The summed E-state index contributed by atoms with van der Waals surface area (Å²) in [6.45, 7) is 4.18. The quantitative estimate of drug-likeness (QED) is 0.794. The first-order valence-electron chi connectivity index (χ1n) is 7.18. The Labute approximate surface area is 138 Å². The van der Waals surface area contributed by atoms with E-state index < -0.39 is 0 Å². The molecule has 0 bridgehead atoms. The third-order valence-electron chi connectivity index (χ3n) is 3.53. The van der Waals surface area contributed by atoms with Crippen LogP contribution in [0.2, 0.25) is 5.02 Å². The summed E-state index contributed by atoms with van der Waals surface area (Å²) in [6, 6.07) is 9.25. The average Bonchev–Trinajstić information content (AvgIpc) is 3.12. The number of furan rings is 1. The predicted molar refractivity (Wildman–Crippen MR) is 87.9 cm³/mol. The molecule has 3 aromatic rings. The maximum absolute atomic E-state index is 12.2. The van der Waals surface area contributed by atoms with E-state index in [1.54, 1.807) is 16.9 Å². The molecule has 1 N–H and O–H groups in total. The average molecular weight is 330 g/mol. The van der Waals surface area contributed by atoms with Crippen LogP contribution in [0.15, 0.2) is 47.1 Å². The summed E-state index contributed by atoms with van der Waals surface area (Å²) < 4.78 is 7.03. The molecule has 2 heterocycles. The van der Waals surface area contributed by atoms with E-state index in [9.17, 15) is 4.79 Å². The van der Waals surface area contributed by atoms with Gasteiger partial charge >= 0.3 is 0 Å². The predicted octanol–water partition coefficient (Wildman–Crippen LogP) is 3.67. The van der Waals surface area contributed by atoms with Gasteiger partial charge in [-0.1, -0.05) is 23.7 Å². The molecule has 5 nitrogen and oxygen atoms in total. The van der Waals surface area contributed by atoms with Crippen molar-refractivity contribution in [3.63, 3.8) is 0 Å². The molecular formula is C17H16ClN3O2. The lowest BCUT2D eigenvalue weighted by Gasteiger charge is -2.03. The molecule has 2 aromatic heterocycles. The van der Waals surface area contributed by atoms with E-state index in [1.165, 1.54) is 6.20 Å². The monoisotopic (exact) mass is 329 g/mol. The summed E-state index contributed by atoms with van der Waals surface area (Å²) in [5, 5.41) is 7.64. The summed E-state index contributed by atoms with van der Waals surface area (Å²) in [7, 11) is 0. The Morgan fingerprint density at radius 1 is 1.35 bits per heavy atom. The third kappa shape index (κ3) is 3.29. The van der Waals surface area contributed by atoms with Crippen LogP contribution in [-0.4, -0.2) is 15.7 Å². The Kier molecular flexibility index (Phi) is 4.21. The second-order valence-corrected chi connectivity index (χ2v) is 5.65. The minimum Gasteiger partial charge on any atom is -0.466 e. The number of carbonyl (C=O) groups is 1. The minimum absolute atomic E-state index is 0.193. The van der Waals surface area contributed by atoms with Crippen LogP contribution in [0.5, 0.6) is 0 Å². The van der Waals surface area contributed by atoms with Crippen molar-refractivity contribution in [1.29, 1.82) is 0 Å². The Bertz CT molecular complexity index is 851. The summed E-state index contributed by atoms with van der Waals surface area (Å²) in [4.78, 5) is 12.2. The van der Waals surface area contributed by atoms with E-state index in [4.69, 9.17) is 16.0 Å². The molecule has 0 aliphatic carbocycles. The summed E-state index contributed by atoms with van der Waals surface area (Å²) in [5.74, 6) is 1.45. The second kappa shape index (κ2) is 6.30. The number of hydrogen-bond acceptors (Lipinski definition) is 3. The molecule has 118 valence electrons. The molecule has 6 heteroatoms. The summed E-state index contributed by atoms with van der Waals surface area (Å²) >= 11 is 6.14. The fourth-order valence-electron chi connectivity index (χ4n) is 2.35. The van der Waals surface area contributed by atoms with Crippen molar-refractivity contribution in [3.8, 4) is 5.69 Å². The molecule has 0 radical (unpaired) electrons. The number of hydrogen-bond donors (Lipinski definition) is 1. The molecule has 3 rings (SSSR count). The zero-order valence-electron chi connectivity index (χ0n) is 12.8. The molecule has 1 amide bonds. The number of amides is 1. The molecule has 0 spiro atoms. The van der Waals surface area contributed by atoms with Crippen LogP contribution in [-0.2, 0) is 6.54 Å². The first-order chi connectivity index (χ1) is 11.0. The number of para-hydroxylation sites is 1. The first-order valence-corrected chi connectivity index (χ1v) is 7.56. The Balaban J connectivity index is 1.72. The van der Waals surface area contributed by atoms with Gasteiger partial charge in [-0.3, -0.25) is 4.79 Å². The molecule has 0 aliphatic rings. The van der Waals surface area contributed by atoms with Crippen LogP contribution < -0.4 is 5.32 Å². The molecule has 0 atom stereocenters. The molecule has 0 saturated heterocycles. The summed E-state index contributed by atoms with van der Waals surface area (Å²) in [5.41, 5.74) is 2.17. The molecule has 0 aliphatic heterocycles. The zero-order valence-corrected chi connectivity index (χ0v) is 13.6. The number of nitrogens with one attached hydrogen (secondary N) is 1. The van der Waals surface area contributed by atoms with Crippen molar-refractivity contribution in [2.75, 3.05) is 0 Å². The van der Waals surface area contributed by atoms with Gasteiger partial charge in [-0.05, 0) is 32.0 Å². The third-order valence-corrected chi connectivity index (χ3v) is 3.85. The van der Waals surface area contributed by atoms with Crippen molar-refractivity contribution >= 4 is 17.5 Å². The highest BCUT2D eigenvalue weighted by molar-refractivity contribution is 6.32. The first kappa shape index (κ1) is 15.4. The SMILES string of the molecule is Cc1cc(CNC(=O)c2cnn(-c3ccccc3Cl)c2)c(C)o1. The highest BCUT2D eigenvalue weighted by Crippen LogP contribution is 2.19. The van der Waals surface area contributed by atoms with Crippen molar-refractivity contribution in [2.24, 2.45) is 0 Å². The summed E-state index contributed by atoms with van der Waals surface area (Å²) in [6.07, 6.45) is 3.18. The molecule has 0 fully saturated rings. The van der Waals surface area contributed by atoms with Gasteiger partial charge in [0.05, 0.1) is 22.5 Å². The van der Waals surface area contributed by atoms with Crippen LogP contribution in [0, 0.1) is 13.8 Å². The van der Waals surface area contributed by atoms with Gasteiger partial charge in [0.2, 0.25) is 0 Å². The van der Waals surface area contributed by atoms with E-state index in [0.29, 0.717) is 17.1 Å². The molecule has 0 unspecified atom stereocenters. The van der Waals surface area contributed by atoms with Crippen LogP contribution in [0.4, 0.5) is 0 Å². The number of halogens is 1. The van der Waals surface area contributed by atoms with Gasteiger partial charge in [0.1, 0.15) is 11.5 Å². The van der Waals surface area contributed by atoms with Gasteiger partial charge in [-0.25, -0.2) is 4.68 Å². The Morgan fingerprint density at radius 3 is 2.83 bits per heavy atom. The lowest BCUT2D eigenvalue weighted by atomic mass is 10.2. The zero-order chi connectivity index (χ0) is 16.4. The van der Waals surface area contributed by atoms with Gasteiger partial charge in [0, 0.05) is 18.3 Å². The number of rotatable bonds is 4. The topological polar surface area (TPSA) is 60.1 Å². The van der Waals surface area contributed by atoms with E-state index in [-0.39, 0.29) is 5.91 Å². The van der Waals surface area contributed by atoms with E-state index >= 15 is 0 Å². The van der Waals surface area contributed by atoms with Crippen molar-refractivity contribution in [3.05, 3.63) is 70.4 Å². The number of benzene rings is 1. The van der Waals surface area contributed by atoms with Crippen LogP contribution in [0.3, 0.4) is 0 Å². The van der Waals surface area contributed by atoms with Gasteiger partial charge < -0.3 is 9.73 Å². The van der Waals surface area contributed by atoms with Crippen molar-refractivity contribution in [1.82, 2.24) is 15.1 Å². The number of aryl methyl sites for hydroxylation is 2. The van der Waals surface area contributed by atoms with Gasteiger partial charge in [0.25, 0.3) is 5.91 Å². The van der Waals surface area contributed by atoms with E-state index in [1.807, 2.05) is 38.1 Å². The van der Waals surface area contributed by atoms with Crippen LogP contribution >= 0.6 is 11.6 Å². The number of aromatic nitrogens is 2. The van der Waals surface area contributed by atoms with Gasteiger partial charge in [-0.2, -0.15) is 5.10 Å². The minimum atomic E-state index is -0.193. The van der Waals surface area contributed by atoms with Gasteiger partial charge in [-0.15, -0.1) is 0 Å². The Hall–Kier alpha value is -2.53. The van der Waals surface area contributed by atoms with E-state index in [2.05, 4.69) is 10.4 Å². The van der Waals surface area contributed by atoms with E-state index in [0.717, 1.165) is 22.8 Å². The smallest absolute Gasteiger partial charge is 0.254 e. The lowest BCUT2D eigenvalue weighted by molar-refractivity contribution is 0.0951. The highest BCUT2D eigenvalue weighted by Gasteiger charge is 2.12.